The topological polar surface area (TPSA) is 78.4 Å². The van der Waals surface area contributed by atoms with Crippen molar-refractivity contribution in [1.29, 1.82) is 0 Å². The lowest BCUT2D eigenvalue weighted by Gasteiger charge is -2.21. The van der Waals surface area contributed by atoms with E-state index in [0.29, 0.717) is 6.42 Å². The lowest BCUT2D eigenvalue weighted by Crippen LogP contribution is -2.42. The maximum atomic E-state index is 11.7. The summed E-state index contributed by atoms with van der Waals surface area (Å²) in [5.41, 5.74) is 0. The zero-order valence-electron chi connectivity index (χ0n) is 11.1. The summed E-state index contributed by atoms with van der Waals surface area (Å²) in [5.74, 6) is -0.869. The van der Waals surface area contributed by atoms with Gasteiger partial charge in [-0.2, -0.15) is 0 Å². The van der Waals surface area contributed by atoms with E-state index in [1.807, 2.05) is 27.7 Å². The quantitative estimate of drug-likeness (QED) is 0.595. The van der Waals surface area contributed by atoms with E-state index in [1.165, 1.54) is 0 Å². The van der Waals surface area contributed by atoms with Gasteiger partial charge in [-0.1, -0.05) is 20.8 Å². The Kier molecular flexibility index (Phi) is 7.54. The second-order valence-corrected chi connectivity index (χ2v) is 4.68. The summed E-state index contributed by atoms with van der Waals surface area (Å²) in [6.07, 6.45) is 0.343. The van der Waals surface area contributed by atoms with Crippen LogP contribution in [0.5, 0.6) is 0 Å². The maximum absolute atomic E-state index is 11.7. The number of hydrogen-bond acceptors (Lipinski definition) is 3. The van der Waals surface area contributed by atoms with E-state index >= 15 is 0 Å². The highest BCUT2D eigenvalue weighted by Crippen LogP contribution is 2.06. The highest BCUT2D eigenvalue weighted by molar-refractivity contribution is 5.78. The fourth-order valence-electron chi connectivity index (χ4n) is 1.61. The first-order chi connectivity index (χ1) is 7.86. The summed E-state index contributed by atoms with van der Waals surface area (Å²) in [7, 11) is 0. The normalized spacial score (nSPS) is 14.4. The zero-order chi connectivity index (χ0) is 13.4. The van der Waals surface area contributed by atoms with Gasteiger partial charge in [-0.25, -0.2) is 0 Å². The zero-order valence-corrected chi connectivity index (χ0v) is 11.1. The third-order valence-electron chi connectivity index (χ3n) is 2.59. The van der Waals surface area contributed by atoms with Crippen molar-refractivity contribution in [2.24, 2.45) is 5.92 Å². The summed E-state index contributed by atoms with van der Waals surface area (Å²) >= 11 is 0. The molecule has 0 spiro atoms. The van der Waals surface area contributed by atoms with Crippen LogP contribution in [0.3, 0.4) is 0 Å². The molecule has 0 saturated heterocycles. The molecule has 17 heavy (non-hydrogen) atoms. The average molecular weight is 244 g/mol. The number of amides is 1. The van der Waals surface area contributed by atoms with E-state index in [1.54, 1.807) is 0 Å². The maximum Gasteiger partial charge on any atom is 0.305 e. The van der Waals surface area contributed by atoms with Crippen molar-refractivity contribution in [3.63, 3.8) is 0 Å². The Morgan fingerprint density at radius 2 is 1.76 bits per heavy atom. The summed E-state index contributed by atoms with van der Waals surface area (Å²) in [4.78, 5) is 22.3. The molecule has 0 saturated carbocycles. The first-order valence-corrected chi connectivity index (χ1v) is 6.11. The van der Waals surface area contributed by atoms with Gasteiger partial charge in [0.1, 0.15) is 0 Å². The summed E-state index contributed by atoms with van der Waals surface area (Å²) < 4.78 is 0. The molecular weight excluding hydrogens is 220 g/mol. The highest BCUT2D eigenvalue weighted by atomic mass is 16.4. The van der Waals surface area contributed by atoms with Crippen molar-refractivity contribution in [3.05, 3.63) is 0 Å². The predicted molar refractivity (Wildman–Crippen MR) is 66.8 cm³/mol. The number of nitrogens with one attached hydrogen (secondary N) is 2. The van der Waals surface area contributed by atoms with E-state index in [0.717, 1.165) is 6.54 Å². The van der Waals surface area contributed by atoms with Crippen LogP contribution >= 0.6 is 0 Å². The highest BCUT2D eigenvalue weighted by Gasteiger charge is 2.20. The smallest absolute Gasteiger partial charge is 0.305 e. The molecule has 0 fully saturated rings. The van der Waals surface area contributed by atoms with Gasteiger partial charge < -0.3 is 15.7 Å². The van der Waals surface area contributed by atoms with Crippen LogP contribution in [0.2, 0.25) is 0 Å². The molecule has 2 unspecified atom stereocenters. The Morgan fingerprint density at radius 1 is 1.18 bits per heavy atom. The van der Waals surface area contributed by atoms with E-state index in [2.05, 4.69) is 10.6 Å². The molecule has 2 atom stereocenters. The number of hydrogen-bond donors (Lipinski definition) is 3. The molecule has 0 aromatic carbocycles. The Bertz CT molecular complexity index is 254. The van der Waals surface area contributed by atoms with Gasteiger partial charge in [-0.3, -0.25) is 9.59 Å². The minimum atomic E-state index is -0.885. The molecule has 0 aliphatic rings. The van der Waals surface area contributed by atoms with Gasteiger partial charge in [0, 0.05) is 18.5 Å². The Hall–Kier alpha value is -1.10. The molecule has 0 aliphatic carbocycles. The number of carboxylic acid groups (broad SMARTS) is 1. The van der Waals surface area contributed by atoms with E-state index < -0.39 is 5.97 Å². The van der Waals surface area contributed by atoms with Gasteiger partial charge in [-0.15, -0.1) is 0 Å². The molecular formula is C12H24N2O3. The molecule has 5 heteroatoms. The standard InChI is InChI=1S/C12H24N2O3/c1-5-13-9(4)6-11(15)14-10(8(2)3)7-12(16)17/h8-10,13H,5-7H2,1-4H3,(H,14,15)(H,16,17). The van der Waals surface area contributed by atoms with E-state index in [4.69, 9.17) is 5.11 Å². The van der Waals surface area contributed by atoms with Gasteiger partial charge in [0.15, 0.2) is 0 Å². The van der Waals surface area contributed by atoms with Crippen molar-refractivity contribution >= 4 is 11.9 Å². The number of aliphatic carboxylic acids is 1. The van der Waals surface area contributed by atoms with Gasteiger partial charge in [0.2, 0.25) is 5.91 Å². The SMILES string of the molecule is CCNC(C)CC(=O)NC(CC(=O)O)C(C)C. The molecule has 0 aromatic heterocycles. The largest absolute Gasteiger partial charge is 0.481 e. The van der Waals surface area contributed by atoms with Crippen LogP contribution in [0.4, 0.5) is 0 Å². The molecule has 1 amide bonds. The van der Waals surface area contributed by atoms with Crippen LogP contribution in [-0.4, -0.2) is 35.6 Å². The third kappa shape index (κ3) is 7.74. The van der Waals surface area contributed by atoms with E-state index in [9.17, 15) is 9.59 Å². The molecule has 0 aromatic rings. The molecule has 0 bridgehead atoms. The number of carbonyl (C=O) groups is 2. The fourth-order valence-corrected chi connectivity index (χ4v) is 1.61. The Labute approximate surface area is 103 Å². The molecule has 0 heterocycles. The molecule has 3 N–H and O–H groups in total. The summed E-state index contributed by atoms with van der Waals surface area (Å²) in [6.45, 7) is 8.54. The molecule has 0 rings (SSSR count). The summed E-state index contributed by atoms with van der Waals surface area (Å²) in [5, 5.41) is 14.7. The second-order valence-electron chi connectivity index (χ2n) is 4.68. The van der Waals surface area contributed by atoms with Gasteiger partial charge in [0.05, 0.1) is 6.42 Å². The van der Waals surface area contributed by atoms with Crippen LogP contribution in [-0.2, 0) is 9.59 Å². The Morgan fingerprint density at radius 3 is 2.18 bits per heavy atom. The Balaban J connectivity index is 4.16. The van der Waals surface area contributed by atoms with Crippen LogP contribution in [0.15, 0.2) is 0 Å². The molecule has 0 radical (unpaired) electrons. The van der Waals surface area contributed by atoms with Gasteiger partial charge in [-0.05, 0) is 19.4 Å². The van der Waals surface area contributed by atoms with Crippen LogP contribution < -0.4 is 10.6 Å². The van der Waals surface area contributed by atoms with Gasteiger partial charge in [0.25, 0.3) is 0 Å². The van der Waals surface area contributed by atoms with Crippen LogP contribution in [0.1, 0.15) is 40.5 Å². The number of rotatable bonds is 8. The minimum Gasteiger partial charge on any atom is -0.481 e. The molecule has 0 aliphatic heterocycles. The first kappa shape index (κ1) is 15.9. The summed E-state index contributed by atoms with van der Waals surface area (Å²) in [6, 6.07) is -0.188. The lowest BCUT2D eigenvalue weighted by molar-refractivity contribution is -0.138. The van der Waals surface area contributed by atoms with Crippen LogP contribution in [0, 0.1) is 5.92 Å². The first-order valence-electron chi connectivity index (χ1n) is 6.11. The van der Waals surface area contributed by atoms with Crippen molar-refractivity contribution in [3.8, 4) is 0 Å². The number of carbonyl (C=O) groups excluding carboxylic acids is 1. The predicted octanol–water partition coefficient (Wildman–Crippen LogP) is 0.990. The van der Waals surface area contributed by atoms with Crippen molar-refractivity contribution < 1.29 is 14.7 Å². The van der Waals surface area contributed by atoms with E-state index in [-0.39, 0.29) is 30.3 Å². The van der Waals surface area contributed by atoms with Crippen LogP contribution in [0.25, 0.3) is 0 Å². The average Bonchev–Trinajstić information content (AvgIpc) is 2.15. The molecule has 100 valence electrons. The van der Waals surface area contributed by atoms with Gasteiger partial charge >= 0.3 is 5.97 Å². The number of carboxylic acids is 1. The monoisotopic (exact) mass is 244 g/mol. The molecule has 5 nitrogen and oxygen atoms in total. The lowest BCUT2D eigenvalue weighted by atomic mass is 10.0. The second kappa shape index (κ2) is 8.06. The fraction of sp³-hybridized carbons (Fsp3) is 0.833. The minimum absolute atomic E-state index is 0.0288. The van der Waals surface area contributed by atoms with Crippen molar-refractivity contribution in [1.82, 2.24) is 10.6 Å². The van der Waals surface area contributed by atoms with Crippen molar-refractivity contribution in [2.45, 2.75) is 52.6 Å². The van der Waals surface area contributed by atoms with Crippen molar-refractivity contribution in [2.75, 3.05) is 6.54 Å². The third-order valence-corrected chi connectivity index (χ3v) is 2.59.